The van der Waals surface area contributed by atoms with Crippen LogP contribution in [-0.2, 0) is 9.84 Å². The second-order valence-electron chi connectivity index (χ2n) is 5.36. The highest BCUT2D eigenvalue weighted by atomic mass is 35.5. The minimum Gasteiger partial charge on any atom is -0.504 e. The number of nitrogen functional groups attached to an aromatic ring is 1. The number of aromatic hydroxyl groups is 1. The van der Waals surface area contributed by atoms with Gasteiger partial charge in [0.05, 0.1) is 16.0 Å². The van der Waals surface area contributed by atoms with Crippen LogP contribution in [0.3, 0.4) is 0 Å². The standard InChI is InChI=1S/C13H19ClN2O3S/c1-16(2)10-4-3-5-11(10)20(18,19)13-8(14)6-7-9(15)12(13)17/h6-7,10-11,17H,3-5,15H2,1-2H3. The van der Waals surface area contributed by atoms with Crippen molar-refractivity contribution in [3.05, 3.63) is 17.2 Å². The third-order valence-electron chi connectivity index (χ3n) is 3.88. The Morgan fingerprint density at radius 1 is 1.35 bits per heavy atom. The van der Waals surface area contributed by atoms with E-state index in [-0.39, 0.29) is 21.6 Å². The molecule has 1 aliphatic rings. The van der Waals surface area contributed by atoms with Gasteiger partial charge in [-0.3, -0.25) is 0 Å². The lowest BCUT2D eigenvalue weighted by Gasteiger charge is -2.26. The molecule has 7 heteroatoms. The fraction of sp³-hybridized carbons (Fsp3) is 0.538. The van der Waals surface area contributed by atoms with Crippen molar-refractivity contribution < 1.29 is 13.5 Å². The summed E-state index contributed by atoms with van der Waals surface area (Å²) in [6, 6.07) is 2.73. The van der Waals surface area contributed by atoms with Crippen LogP contribution < -0.4 is 5.73 Å². The van der Waals surface area contributed by atoms with Gasteiger partial charge in [-0.25, -0.2) is 8.42 Å². The largest absolute Gasteiger partial charge is 0.504 e. The number of phenols is 1. The van der Waals surface area contributed by atoms with E-state index in [1.54, 1.807) is 0 Å². The number of nitrogens with zero attached hydrogens (tertiary/aromatic N) is 1. The molecule has 2 atom stereocenters. The Bertz CT molecular complexity index is 616. The van der Waals surface area contributed by atoms with Crippen molar-refractivity contribution >= 4 is 27.1 Å². The maximum absolute atomic E-state index is 12.8. The van der Waals surface area contributed by atoms with Crippen LogP contribution in [0.1, 0.15) is 19.3 Å². The summed E-state index contributed by atoms with van der Waals surface area (Å²) in [7, 11) is 0.000537. The molecule has 0 amide bonds. The zero-order valence-electron chi connectivity index (χ0n) is 11.5. The first-order valence-electron chi connectivity index (χ1n) is 6.44. The number of nitrogens with two attached hydrogens (primary N) is 1. The van der Waals surface area contributed by atoms with E-state index in [0.717, 1.165) is 12.8 Å². The summed E-state index contributed by atoms with van der Waals surface area (Å²) >= 11 is 5.98. The Balaban J connectivity index is 2.54. The maximum atomic E-state index is 12.8. The molecule has 0 heterocycles. The molecule has 0 aromatic heterocycles. The molecular formula is C13H19ClN2O3S. The molecular weight excluding hydrogens is 300 g/mol. The third kappa shape index (κ3) is 2.47. The summed E-state index contributed by atoms with van der Waals surface area (Å²) in [4.78, 5) is 1.67. The number of phenolic OH excluding ortho intramolecular Hbond substituents is 1. The normalized spacial score (nSPS) is 23.4. The molecule has 5 nitrogen and oxygen atoms in total. The third-order valence-corrected chi connectivity index (χ3v) is 6.64. The Morgan fingerprint density at radius 3 is 2.60 bits per heavy atom. The lowest BCUT2D eigenvalue weighted by molar-refractivity contribution is 0.299. The molecule has 2 unspecified atom stereocenters. The Hall–Kier alpha value is -0.980. The lowest BCUT2D eigenvalue weighted by atomic mass is 10.2. The first kappa shape index (κ1) is 15.4. The van der Waals surface area contributed by atoms with Crippen LogP contribution in [0.15, 0.2) is 17.0 Å². The van der Waals surface area contributed by atoms with Gasteiger partial charge in [-0.05, 0) is 39.1 Å². The first-order valence-corrected chi connectivity index (χ1v) is 8.36. The predicted molar refractivity (Wildman–Crippen MR) is 79.8 cm³/mol. The van der Waals surface area contributed by atoms with Crippen molar-refractivity contribution in [1.29, 1.82) is 0 Å². The highest BCUT2D eigenvalue weighted by Gasteiger charge is 2.41. The topological polar surface area (TPSA) is 83.6 Å². The second-order valence-corrected chi connectivity index (χ2v) is 7.87. The molecule has 1 fully saturated rings. The summed E-state index contributed by atoms with van der Waals surface area (Å²) in [5.41, 5.74) is 5.62. The summed E-state index contributed by atoms with van der Waals surface area (Å²) in [5.74, 6) is -0.443. The number of benzene rings is 1. The van der Waals surface area contributed by atoms with E-state index in [1.807, 2.05) is 19.0 Å². The van der Waals surface area contributed by atoms with Crippen molar-refractivity contribution in [2.45, 2.75) is 35.4 Å². The molecule has 3 N–H and O–H groups in total. The van der Waals surface area contributed by atoms with Gasteiger partial charge in [0.2, 0.25) is 0 Å². The van der Waals surface area contributed by atoms with E-state index in [0.29, 0.717) is 6.42 Å². The first-order chi connectivity index (χ1) is 9.26. The van der Waals surface area contributed by atoms with Crippen LogP contribution in [0, 0.1) is 0 Å². The van der Waals surface area contributed by atoms with E-state index in [2.05, 4.69) is 0 Å². The van der Waals surface area contributed by atoms with Gasteiger partial charge >= 0.3 is 0 Å². The van der Waals surface area contributed by atoms with Crippen LogP contribution in [0.2, 0.25) is 5.02 Å². The van der Waals surface area contributed by atoms with Crippen LogP contribution in [0.5, 0.6) is 5.75 Å². The van der Waals surface area contributed by atoms with Crippen LogP contribution in [-0.4, -0.2) is 43.8 Å². The lowest BCUT2D eigenvalue weighted by Crippen LogP contribution is -2.39. The average Bonchev–Trinajstić information content (AvgIpc) is 2.84. The quantitative estimate of drug-likeness (QED) is 0.656. The smallest absolute Gasteiger partial charge is 0.187 e. The fourth-order valence-electron chi connectivity index (χ4n) is 2.84. The predicted octanol–water partition coefficient (Wildman–Crippen LogP) is 1.88. The molecule has 0 radical (unpaired) electrons. The molecule has 1 saturated carbocycles. The van der Waals surface area contributed by atoms with Gasteiger partial charge in [-0.1, -0.05) is 18.0 Å². The fourth-order valence-corrected chi connectivity index (χ4v) is 5.62. The van der Waals surface area contributed by atoms with Crippen LogP contribution >= 0.6 is 11.6 Å². The molecule has 112 valence electrons. The second kappa shape index (κ2) is 5.42. The van der Waals surface area contributed by atoms with Crippen molar-refractivity contribution in [2.24, 2.45) is 0 Å². The summed E-state index contributed by atoms with van der Waals surface area (Å²) < 4.78 is 25.6. The highest BCUT2D eigenvalue weighted by Crippen LogP contribution is 2.41. The Kier molecular flexibility index (Phi) is 4.18. The van der Waals surface area contributed by atoms with E-state index in [9.17, 15) is 13.5 Å². The number of rotatable bonds is 3. The molecule has 0 bridgehead atoms. The molecule has 1 aromatic rings. The number of sulfone groups is 1. The minimum absolute atomic E-state index is 0.0149. The summed E-state index contributed by atoms with van der Waals surface area (Å²) in [5, 5.41) is 9.44. The Labute approximate surface area is 124 Å². The average molecular weight is 319 g/mol. The van der Waals surface area contributed by atoms with Gasteiger partial charge < -0.3 is 15.7 Å². The van der Waals surface area contributed by atoms with Gasteiger partial charge in [-0.2, -0.15) is 0 Å². The van der Waals surface area contributed by atoms with Crippen molar-refractivity contribution in [3.63, 3.8) is 0 Å². The van der Waals surface area contributed by atoms with Crippen molar-refractivity contribution in [2.75, 3.05) is 19.8 Å². The van der Waals surface area contributed by atoms with Gasteiger partial charge in [0.1, 0.15) is 4.90 Å². The molecule has 0 aliphatic heterocycles. The number of hydrogen-bond acceptors (Lipinski definition) is 5. The summed E-state index contributed by atoms with van der Waals surface area (Å²) in [6.07, 6.45) is 2.22. The molecule has 1 aromatic carbocycles. The molecule has 20 heavy (non-hydrogen) atoms. The van der Waals surface area contributed by atoms with Crippen molar-refractivity contribution in [1.82, 2.24) is 4.90 Å². The van der Waals surface area contributed by atoms with Gasteiger partial charge in [0.25, 0.3) is 0 Å². The van der Waals surface area contributed by atoms with Crippen LogP contribution in [0.4, 0.5) is 5.69 Å². The maximum Gasteiger partial charge on any atom is 0.187 e. The highest BCUT2D eigenvalue weighted by molar-refractivity contribution is 7.92. The molecule has 1 aliphatic carbocycles. The van der Waals surface area contributed by atoms with Gasteiger partial charge in [0.15, 0.2) is 15.6 Å². The number of anilines is 1. The molecule has 0 spiro atoms. The van der Waals surface area contributed by atoms with Crippen LogP contribution in [0.25, 0.3) is 0 Å². The zero-order valence-corrected chi connectivity index (χ0v) is 13.1. The van der Waals surface area contributed by atoms with Gasteiger partial charge in [0, 0.05) is 6.04 Å². The van der Waals surface area contributed by atoms with E-state index >= 15 is 0 Å². The van der Waals surface area contributed by atoms with Gasteiger partial charge in [-0.15, -0.1) is 0 Å². The monoisotopic (exact) mass is 318 g/mol. The summed E-state index contributed by atoms with van der Waals surface area (Å²) in [6.45, 7) is 0. The SMILES string of the molecule is CN(C)C1CCCC1S(=O)(=O)c1c(Cl)ccc(N)c1O. The zero-order chi connectivity index (χ0) is 15.1. The van der Waals surface area contributed by atoms with E-state index in [1.165, 1.54) is 12.1 Å². The van der Waals surface area contributed by atoms with E-state index < -0.39 is 20.8 Å². The number of halogens is 1. The Morgan fingerprint density at radius 2 is 2.00 bits per heavy atom. The minimum atomic E-state index is -3.72. The van der Waals surface area contributed by atoms with Crippen molar-refractivity contribution in [3.8, 4) is 5.75 Å². The molecule has 0 saturated heterocycles. The molecule has 2 rings (SSSR count). The number of hydrogen-bond donors (Lipinski definition) is 2. The van der Waals surface area contributed by atoms with E-state index in [4.69, 9.17) is 17.3 Å².